The number of thiazole rings is 1. The van der Waals surface area contributed by atoms with Gasteiger partial charge in [-0.1, -0.05) is 37.3 Å². The number of aryl methyl sites for hydroxylation is 1. The van der Waals surface area contributed by atoms with Gasteiger partial charge in [-0.25, -0.2) is 4.98 Å². The van der Waals surface area contributed by atoms with Gasteiger partial charge >= 0.3 is 0 Å². The number of benzene rings is 2. The van der Waals surface area contributed by atoms with E-state index in [1.807, 2.05) is 25.1 Å². The molecule has 0 unspecified atom stereocenters. The molecular formula is C24H28N2O3S2. The van der Waals surface area contributed by atoms with Crippen LogP contribution in [0.5, 0.6) is 11.5 Å². The maximum absolute atomic E-state index is 12.5. The number of nitrogens with zero attached hydrogens (tertiary/aromatic N) is 1. The Morgan fingerprint density at radius 1 is 1.10 bits per heavy atom. The number of amides is 1. The molecular weight excluding hydrogens is 428 g/mol. The molecule has 1 heterocycles. The normalized spacial score (nSPS) is 11.7. The second kappa shape index (κ2) is 11.2. The first-order valence-corrected chi connectivity index (χ1v) is 12.1. The Morgan fingerprint density at radius 2 is 1.81 bits per heavy atom. The number of thioether (sulfide) groups is 1. The Labute approximate surface area is 192 Å². The number of rotatable bonds is 10. The topological polar surface area (TPSA) is 60.5 Å². The van der Waals surface area contributed by atoms with Crippen LogP contribution in [0.2, 0.25) is 0 Å². The van der Waals surface area contributed by atoms with Gasteiger partial charge in [-0.15, -0.1) is 23.1 Å². The summed E-state index contributed by atoms with van der Waals surface area (Å²) in [5.74, 6) is 2.03. The minimum atomic E-state index is -0.172. The van der Waals surface area contributed by atoms with Gasteiger partial charge in [0.15, 0.2) is 11.5 Å². The molecule has 1 amide bonds. The Morgan fingerprint density at radius 3 is 2.48 bits per heavy atom. The summed E-state index contributed by atoms with van der Waals surface area (Å²) < 4.78 is 10.6. The molecule has 0 saturated heterocycles. The highest BCUT2D eigenvalue weighted by Crippen LogP contribution is 2.28. The molecule has 0 spiro atoms. The van der Waals surface area contributed by atoms with Crippen LogP contribution in [0.1, 0.15) is 30.7 Å². The maximum atomic E-state index is 12.5. The van der Waals surface area contributed by atoms with Crippen molar-refractivity contribution in [1.29, 1.82) is 0 Å². The number of hydrogen-bond donors (Lipinski definition) is 1. The zero-order valence-corrected chi connectivity index (χ0v) is 19.9. The number of ether oxygens (including phenoxy) is 2. The Kier molecular flexibility index (Phi) is 8.37. The molecule has 0 aliphatic heterocycles. The van der Waals surface area contributed by atoms with E-state index < -0.39 is 0 Å². The monoisotopic (exact) mass is 456 g/mol. The van der Waals surface area contributed by atoms with Crippen LogP contribution < -0.4 is 14.8 Å². The molecule has 2 aromatic carbocycles. The molecule has 0 saturated carbocycles. The lowest BCUT2D eigenvalue weighted by Gasteiger charge is -2.13. The molecule has 5 nitrogen and oxygen atoms in total. The predicted molar refractivity (Wildman–Crippen MR) is 129 cm³/mol. The molecule has 1 N–H and O–H groups in total. The van der Waals surface area contributed by atoms with Crippen molar-refractivity contribution in [3.63, 3.8) is 0 Å². The number of nitrogens with one attached hydrogen (secondary N) is 1. The van der Waals surface area contributed by atoms with Gasteiger partial charge < -0.3 is 14.8 Å². The van der Waals surface area contributed by atoms with Crippen molar-refractivity contribution in [2.45, 2.75) is 37.8 Å². The highest BCUT2D eigenvalue weighted by atomic mass is 32.2. The zero-order valence-electron chi connectivity index (χ0n) is 18.3. The van der Waals surface area contributed by atoms with E-state index in [4.69, 9.17) is 14.5 Å². The first-order chi connectivity index (χ1) is 15.0. The predicted octanol–water partition coefficient (Wildman–Crippen LogP) is 5.33. The van der Waals surface area contributed by atoms with Gasteiger partial charge in [0.05, 0.1) is 25.2 Å². The second-order valence-electron chi connectivity index (χ2n) is 7.05. The molecule has 3 rings (SSSR count). The lowest BCUT2D eigenvalue weighted by atomic mass is 10.1. The molecule has 0 aliphatic carbocycles. The number of carbonyl (C=O) groups is 1. The van der Waals surface area contributed by atoms with Gasteiger partial charge in [0.2, 0.25) is 5.91 Å². The standard InChI is InChI=1S/C24H28N2O3S2/c1-5-17-6-9-19(10-7-17)24-26-20(15-31-24)14-30-16(2)23(27)25-13-18-8-11-21(28-3)22(12-18)29-4/h6-12,15-16H,5,13-14H2,1-4H3,(H,25,27)/t16-/m1/s1. The van der Waals surface area contributed by atoms with Crippen LogP contribution in [0.15, 0.2) is 47.8 Å². The van der Waals surface area contributed by atoms with Crippen LogP contribution in [-0.2, 0) is 23.5 Å². The average molecular weight is 457 g/mol. The summed E-state index contributed by atoms with van der Waals surface area (Å²) >= 11 is 3.23. The third-order valence-corrected chi connectivity index (χ3v) is 7.04. The minimum absolute atomic E-state index is 0.00499. The third-order valence-electron chi connectivity index (χ3n) is 4.93. The Hall–Kier alpha value is -2.51. The Balaban J connectivity index is 1.49. The van der Waals surface area contributed by atoms with E-state index in [2.05, 4.69) is 41.9 Å². The fourth-order valence-corrected chi connectivity index (χ4v) is 4.73. The van der Waals surface area contributed by atoms with Crippen LogP contribution >= 0.6 is 23.1 Å². The number of aromatic nitrogens is 1. The first-order valence-electron chi connectivity index (χ1n) is 10.2. The van der Waals surface area contributed by atoms with Gasteiger partial charge in [0.1, 0.15) is 5.01 Å². The average Bonchev–Trinajstić information content (AvgIpc) is 3.29. The molecule has 0 radical (unpaired) electrons. The van der Waals surface area contributed by atoms with E-state index in [0.29, 0.717) is 23.8 Å². The number of methoxy groups -OCH3 is 2. The van der Waals surface area contributed by atoms with Gasteiger partial charge in [-0.2, -0.15) is 0 Å². The molecule has 1 aromatic heterocycles. The summed E-state index contributed by atoms with van der Waals surface area (Å²) in [6.45, 7) is 4.52. The fraction of sp³-hybridized carbons (Fsp3) is 0.333. The zero-order chi connectivity index (χ0) is 22.2. The van der Waals surface area contributed by atoms with E-state index in [9.17, 15) is 4.79 Å². The van der Waals surface area contributed by atoms with Crippen molar-refractivity contribution >= 4 is 29.0 Å². The third kappa shape index (κ3) is 6.24. The molecule has 0 bridgehead atoms. The maximum Gasteiger partial charge on any atom is 0.233 e. The molecule has 164 valence electrons. The van der Waals surface area contributed by atoms with Gasteiger partial charge in [0, 0.05) is 23.2 Å². The van der Waals surface area contributed by atoms with E-state index in [1.54, 1.807) is 37.3 Å². The van der Waals surface area contributed by atoms with Crippen molar-refractivity contribution in [2.75, 3.05) is 14.2 Å². The quantitative estimate of drug-likeness (QED) is 0.447. The summed E-state index contributed by atoms with van der Waals surface area (Å²) in [5, 5.41) is 5.91. The number of carbonyl (C=O) groups excluding carboxylic acids is 1. The smallest absolute Gasteiger partial charge is 0.233 e. The van der Waals surface area contributed by atoms with E-state index in [0.717, 1.165) is 28.2 Å². The highest BCUT2D eigenvalue weighted by molar-refractivity contribution is 7.99. The minimum Gasteiger partial charge on any atom is -0.493 e. The van der Waals surface area contributed by atoms with Crippen LogP contribution in [0.3, 0.4) is 0 Å². The van der Waals surface area contributed by atoms with Crippen LogP contribution in [0, 0.1) is 0 Å². The first kappa shape index (κ1) is 23.2. The molecule has 0 aliphatic rings. The molecule has 7 heteroatoms. The van der Waals surface area contributed by atoms with Gasteiger partial charge in [0.25, 0.3) is 0 Å². The van der Waals surface area contributed by atoms with Crippen molar-refractivity contribution < 1.29 is 14.3 Å². The van der Waals surface area contributed by atoms with Crippen molar-refractivity contribution in [3.05, 3.63) is 64.7 Å². The van der Waals surface area contributed by atoms with Crippen molar-refractivity contribution in [1.82, 2.24) is 10.3 Å². The van der Waals surface area contributed by atoms with E-state index >= 15 is 0 Å². The summed E-state index contributed by atoms with van der Waals surface area (Å²) in [6.07, 6.45) is 1.03. The van der Waals surface area contributed by atoms with Crippen molar-refractivity contribution in [3.8, 4) is 22.1 Å². The Bertz CT molecular complexity index is 1000. The lowest BCUT2D eigenvalue weighted by molar-refractivity contribution is -0.120. The van der Waals surface area contributed by atoms with Crippen LogP contribution in [0.25, 0.3) is 10.6 Å². The van der Waals surface area contributed by atoms with E-state index in [-0.39, 0.29) is 11.2 Å². The largest absolute Gasteiger partial charge is 0.493 e. The molecule has 3 aromatic rings. The summed E-state index contributed by atoms with van der Waals surface area (Å²) in [5.41, 5.74) is 4.42. The van der Waals surface area contributed by atoms with Crippen LogP contribution in [-0.4, -0.2) is 30.4 Å². The lowest BCUT2D eigenvalue weighted by Crippen LogP contribution is -2.30. The van der Waals surface area contributed by atoms with Crippen molar-refractivity contribution in [2.24, 2.45) is 0 Å². The van der Waals surface area contributed by atoms with Crippen LogP contribution in [0.4, 0.5) is 0 Å². The molecule has 1 atom stereocenters. The van der Waals surface area contributed by atoms with Gasteiger partial charge in [-0.3, -0.25) is 4.79 Å². The molecule has 0 fully saturated rings. The summed E-state index contributed by atoms with van der Waals surface area (Å²) in [6, 6.07) is 14.2. The highest BCUT2D eigenvalue weighted by Gasteiger charge is 2.15. The SMILES string of the molecule is CCc1ccc(-c2nc(CS[C@H](C)C(=O)NCc3ccc(OC)c(OC)c3)cs2)cc1. The second-order valence-corrected chi connectivity index (χ2v) is 9.24. The van der Waals surface area contributed by atoms with E-state index in [1.165, 1.54) is 5.56 Å². The molecule has 31 heavy (non-hydrogen) atoms. The fourth-order valence-electron chi connectivity index (χ4n) is 3.00. The van der Waals surface area contributed by atoms with Gasteiger partial charge in [-0.05, 0) is 36.6 Å². The summed E-state index contributed by atoms with van der Waals surface area (Å²) in [4.78, 5) is 17.2. The number of hydrogen-bond acceptors (Lipinski definition) is 6. The summed E-state index contributed by atoms with van der Waals surface area (Å²) in [7, 11) is 3.20.